The second-order valence-corrected chi connectivity index (χ2v) is 4.97. The summed E-state index contributed by atoms with van der Waals surface area (Å²) in [6, 6.07) is 9.72. The first-order valence-corrected chi connectivity index (χ1v) is 7.25. The minimum atomic E-state index is 0.478. The van der Waals surface area contributed by atoms with Crippen LogP contribution in [0.15, 0.2) is 18.2 Å². The van der Waals surface area contributed by atoms with E-state index in [0.717, 1.165) is 6.42 Å². The van der Waals surface area contributed by atoms with E-state index in [2.05, 4.69) is 13.0 Å². The van der Waals surface area contributed by atoms with Crippen LogP contribution in [0.4, 0.5) is 0 Å². The molecule has 0 atom stereocenters. The molecule has 0 fully saturated rings. The predicted octanol–water partition coefficient (Wildman–Crippen LogP) is 4.72. The first-order valence-electron chi connectivity index (χ1n) is 7.25. The summed E-state index contributed by atoms with van der Waals surface area (Å²) in [6.45, 7) is 2.23. The molecule has 0 aliphatic carbocycles. The van der Waals surface area contributed by atoms with Crippen LogP contribution < -0.4 is 0 Å². The molecule has 0 N–H and O–H groups in total. The van der Waals surface area contributed by atoms with Crippen molar-refractivity contribution < 1.29 is 0 Å². The first kappa shape index (κ1) is 15.3. The average molecular weight is 254 g/mol. The van der Waals surface area contributed by atoms with Gasteiger partial charge in [-0.05, 0) is 30.5 Å². The maximum absolute atomic E-state index is 8.96. The van der Waals surface area contributed by atoms with Gasteiger partial charge in [0.1, 0.15) is 12.1 Å². The molecule has 0 saturated heterocycles. The minimum absolute atomic E-state index is 0.478. The van der Waals surface area contributed by atoms with Crippen molar-refractivity contribution in [2.75, 3.05) is 0 Å². The number of nitriles is 2. The lowest BCUT2D eigenvalue weighted by atomic mass is 10.0. The molecule has 1 aromatic carbocycles. The van der Waals surface area contributed by atoms with Crippen LogP contribution in [0.25, 0.3) is 0 Å². The SMILES string of the molecule is CCCCCCCCCc1ccc(C#N)c(C#N)c1. The van der Waals surface area contributed by atoms with E-state index in [-0.39, 0.29) is 0 Å². The van der Waals surface area contributed by atoms with Gasteiger partial charge in [-0.25, -0.2) is 0 Å². The van der Waals surface area contributed by atoms with Crippen LogP contribution in [0.1, 0.15) is 68.6 Å². The second-order valence-electron chi connectivity index (χ2n) is 4.97. The third kappa shape index (κ3) is 5.58. The highest BCUT2D eigenvalue weighted by Gasteiger charge is 2.02. The largest absolute Gasteiger partial charge is 0.192 e. The highest BCUT2D eigenvalue weighted by Crippen LogP contribution is 2.14. The van der Waals surface area contributed by atoms with Gasteiger partial charge in [-0.1, -0.05) is 51.5 Å². The number of unbranched alkanes of at least 4 members (excludes halogenated alkanes) is 6. The third-order valence-electron chi connectivity index (χ3n) is 3.39. The summed E-state index contributed by atoms with van der Waals surface area (Å²) in [5.74, 6) is 0. The Kier molecular flexibility index (Phi) is 7.37. The Bertz CT molecular complexity index is 463. The molecule has 0 aliphatic rings. The van der Waals surface area contributed by atoms with Crippen LogP contribution in [0.3, 0.4) is 0 Å². The normalized spacial score (nSPS) is 9.84. The fraction of sp³-hybridized carbons (Fsp3) is 0.529. The molecule has 2 heteroatoms. The molecule has 1 aromatic rings. The lowest BCUT2D eigenvalue weighted by molar-refractivity contribution is 0.589. The summed E-state index contributed by atoms with van der Waals surface area (Å²) in [5, 5.41) is 17.8. The smallest absolute Gasteiger partial charge is 0.101 e. The number of nitrogens with zero attached hydrogens (tertiary/aromatic N) is 2. The van der Waals surface area contributed by atoms with Gasteiger partial charge in [-0.3, -0.25) is 0 Å². The van der Waals surface area contributed by atoms with Gasteiger partial charge in [-0.15, -0.1) is 0 Å². The molecule has 0 amide bonds. The molecule has 0 aromatic heterocycles. The summed E-state index contributed by atoms with van der Waals surface area (Å²) in [7, 11) is 0. The number of hydrogen-bond acceptors (Lipinski definition) is 2. The van der Waals surface area contributed by atoms with Gasteiger partial charge < -0.3 is 0 Å². The Morgan fingerprint density at radius 3 is 2.11 bits per heavy atom. The summed E-state index contributed by atoms with van der Waals surface area (Å²) < 4.78 is 0. The first-order chi connectivity index (χ1) is 9.31. The zero-order chi connectivity index (χ0) is 13.9. The Morgan fingerprint density at radius 1 is 0.842 bits per heavy atom. The minimum Gasteiger partial charge on any atom is -0.192 e. The summed E-state index contributed by atoms with van der Waals surface area (Å²) in [4.78, 5) is 0. The van der Waals surface area contributed by atoms with E-state index in [1.807, 2.05) is 18.2 Å². The molecule has 0 unspecified atom stereocenters. The van der Waals surface area contributed by atoms with Gasteiger partial charge in [0.15, 0.2) is 0 Å². The molecule has 0 saturated carbocycles. The highest BCUT2D eigenvalue weighted by atomic mass is 14.3. The maximum Gasteiger partial charge on any atom is 0.101 e. The highest BCUT2D eigenvalue weighted by molar-refractivity contribution is 5.47. The van der Waals surface area contributed by atoms with Gasteiger partial charge in [0.05, 0.1) is 11.1 Å². The van der Waals surface area contributed by atoms with Crippen molar-refractivity contribution in [3.05, 3.63) is 34.9 Å². The second kappa shape index (κ2) is 9.17. The maximum atomic E-state index is 8.96. The van der Waals surface area contributed by atoms with E-state index in [9.17, 15) is 0 Å². The van der Waals surface area contributed by atoms with Crippen LogP contribution in [-0.2, 0) is 6.42 Å². The topological polar surface area (TPSA) is 47.6 Å². The predicted molar refractivity (Wildman–Crippen MR) is 77.6 cm³/mol. The quantitative estimate of drug-likeness (QED) is 0.630. The zero-order valence-electron chi connectivity index (χ0n) is 11.8. The third-order valence-corrected chi connectivity index (χ3v) is 3.39. The van der Waals surface area contributed by atoms with Crippen molar-refractivity contribution in [2.45, 2.75) is 58.3 Å². The van der Waals surface area contributed by atoms with E-state index >= 15 is 0 Å². The van der Waals surface area contributed by atoms with Crippen LogP contribution in [0.5, 0.6) is 0 Å². The standard InChI is InChI=1S/C17H22N2/c1-2-3-4-5-6-7-8-9-15-10-11-16(13-18)17(12-15)14-19/h10-12H,2-9H2,1H3. The summed E-state index contributed by atoms with van der Waals surface area (Å²) in [6.07, 6.45) is 10.1. The molecule has 2 nitrogen and oxygen atoms in total. The molecule has 1 rings (SSSR count). The van der Waals surface area contributed by atoms with E-state index in [1.165, 1.54) is 50.5 Å². The molecule has 0 heterocycles. The fourth-order valence-electron chi connectivity index (χ4n) is 2.22. The molecule has 19 heavy (non-hydrogen) atoms. The number of hydrogen-bond donors (Lipinski definition) is 0. The Balaban J connectivity index is 2.31. The van der Waals surface area contributed by atoms with Gasteiger partial charge in [0, 0.05) is 0 Å². The molecular weight excluding hydrogens is 232 g/mol. The van der Waals surface area contributed by atoms with Crippen LogP contribution >= 0.6 is 0 Å². The summed E-state index contributed by atoms with van der Waals surface area (Å²) in [5.41, 5.74) is 2.15. The molecule has 100 valence electrons. The van der Waals surface area contributed by atoms with Crippen molar-refractivity contribution in [3.63, 3.8) is 0 Å². The van der Waals surface area contributed by atoms with Crippen molar-refractivity contribution in [2.24, 2.45) is 0 Å². The average Bonchev–Trinajstić information content (AvgIpc) is 2.46. The van der Waals surface area contributed by atoms with E-state index in [0.29, 0.717) is 11.1 Å². The number of aryl methyl sites for hydroxylation is 1. The van der Waals surface area contributed by atoms with E-state index in [1.54, 1.807) is 6.07 Å². The van der Waals surface area contributed by atoms with Crippen molar-refractivity contribution in [1.82, 2.24) is 0 Å². The van der Waals surface area contributed by atoms with Crippen molar-refractivity contribution in [1.29, 1.82) is 10.5 Å². The Labute approximate surface area is 116 Å². The number of rotatable bonds is 8. The lowest BCUT2D eigenvalue weighted by Gasteiger charge is -2.03. The van der Waals surface area contributed by atoms with Gasteiger partial charge in [-0.2, -0.15) is 10.5 Å². The number of benzene rings is 1. The zero-order valence-corrected chi connectivity index (χ0v) is 11.8. The van der Waals surface area contributed by atoms with Crippen LogP contribution in [0, 0.1) is 22.7 Å². The molecule has 0 radical (unpaired) electrons. The van der Waals surface area contributed by atoms with E-state index < -0.39 is 0 Å². The van der Waals surface area contributed by atoms with E-state index in [4.69, 9.17) is 10.5 Å². The van der Waals surface area contributed by atoms with Gasteiger partial charge >= 0.3 is 0 Å². The van der Waals surface area contributed by atoms with Crippen LogP contribution in [0.2, 0.25) is 0 Å². The molecule has 0 bridgehead atoms. The van der Waals surface area contributed by atoms with Gasteiger partial charge in [0.2, 0.25) is 0 Å². The fourth-order valence-corrected chi connectivity index (χ4v) is 2.22. The molecule has 0 spiro atoms. The van der Waals surface area contributed by atoms with Gasteiger partial charge in [0.25, 0.3) is 0 Å². The lowest BCUT2D eigenvalue weighted by Crippen LogP contribution is -1.90. The monoisotopic (exact) mass is 254 g/mol. The van der Waals surface area contributed by atoms with Crippen LogP contribution in [-0.4, -0.2) is 0 Å². The van der Waals surface area contributed by atoms with Crippen molar-refractivity contribution >= 4 is 0 Å². The molecule has 0 aliphatic heterocycles. The molecular formula is C17H22N2. The van der Waals surface area contributed by atoms with Crippen molar-refractivity contribution in [3.8, 4) is 12.1 Å². The Hall–Kier alpha value is -1.80. The summed E-state index contributed by atoms with van der Waals surface area (Å²) >= 11 is 0. The Morgan fingerprint density at radius 2 is 1.47 bits per heavy atom.